The van der Waals surface area contributed by atoms with Crippen LogP contribution in [0.5, 0.6) is 5.75 Å². The van der Waals surface area contributed by atoms with Gasteiger partial charge in [0.2, 0.25) is 0 Å². The molecule has 1 amide bonds. The van der Waals surface area contributed by atoms with Gasteiger partial charge in [0.25, 0.3) is 5.91 Å². The summed E-state index contributed by atoms with van der Waals surface area (Å²) < 4.78 is 7.17. The van der Waals surface area contributed by atoms with Crippen molar-refractivity contribution in [2.75, 3.05) is 11.9 Å². The van der Waals surface area contributed by atoms with Gasteiger partial charge in [-0.05, 0) is 48.9 Å². The highest BCUT2D eigenvalue weighted by Crippen LogP contribution is 2.20. The lowest BCUT2D eigenvalue weighted by molar-refractivity contribution is -0.118. The van der Waals surface area contributed by atoms with Crippen LogP contribution in [0.3, 0.4) is 0 Å². The molecule has 0 aliphatic carbocycles. The zero-order valence-corrected chi connectivity index (χ0v) is 14.7. The molecule has 7 nitrogen and oxygen atoms in total. The Morgan fingerprint density at radius 3 is 2.93 bits per heavy atom. The molecular weight excluding hydrogens is 342 g/mol. The average molecular weight is 359 g/mol. The van der Waals surface area contributed by atoms with E-state index < -0.39 is 0 Å². The highest BCUT2D eigenvalue weighted by Gasteiger charge is 2.12. The number of amides is 1. The fourth-order valence-electron chi connectivity index (χ4n) is 2.66. The van der Waals surface area contributed by atoms with Crippen molar-refractivity contribution in [1.82, 2.24) is 19.6 Å². The fourth-order valence-corrected chi connectivity index (χ4v) is 2.66. The Balaban J connectivity index is 1.51. The Morgan fingerprint density at radius 2 is 2.11 bits per heavy atom. The van der Waals surface area contributed by atoms with Crippen molar-refractivity contribution in [3.8, 4) is 17.1 Å². The number of ether oxygens (including phenoxy) is 1. The molecule has 0 saturated carbocycles. The molecule has 134 valence electrons. The van der Waals surface area contributed by atoms with Crippen LogP contribution >= 0.6 is 0 Å². The number of anilines is 1. The number of pyridine rings is 2. The number of aromatic nitrogens is 4. The number of nitrogens with one attached hydrogen (secondary N) is 1. The second-order valence-electron chi connectivity index (χ2n) is 6.02. The van der Waals surface area contributed by atoms with Crippen molar-refractivity contribution in [2.45, 2.75) is 6.92 Å². The summed E-state index contributed by atoms with van der Waals surface area (Å²) in [5, 5.41) is 7.27. The van der Waals surface area contributed by atoms with Crippen LogP contribution in [0.25, 0.3) is 17.0 Å². The molecule has 0 bridgehead atoms. The summed E-state index contributed by atoms with van der Waals surface area (Å²) in [4.78, 5) is 20.9. The third-order valence-corrected chi connectivity index (χ3v) is 3.92. The van der Waals surface area contributed by atoms with Crippen LogP contribution in [0.4, 0.5) is 5.69 Å². The Morgan fingerprint density at radius 1 is 1.19 bits per heavy atom. The molecule has 0 atom stereocenters. The zero-order chi connectivity index (χ0) is 18.6. The lowest BCUT2D eigenvalue weighted by Gasteiger charge is -2.08. The van der Waals surface area contributed by atoms with Crippen LogP contribution in [-0.4, -0.2) is 32.1 Å². The largest absolute Gasteiger partial charge is 0.484 e. The molecule has 0 radical (unpaired) electrons. The molecule has 0 aliphatic heterocycles. The molecule has 0 unspecified atom stereocenters. The fraction of sp³-hybridized carbons (Fsp3) is 0.100. The maximum Gasteiger partial charge on any atom is 0.262 e. The van der Waals surface area contributed by atoms with Crippen molar-refractivity contribution in [3.05, 3.63) is 72.7 Å². The molecule has 4 aromatic rings. The summed E-state index contributed by atoms with van der Waals surface area (Å²) in [6, 6.07) is 14.8. The minimum absolute atomic E-state index is 0.0892. The van der Waals surface area contributed by atoms with E-state index in [2.05, 4.69) is 20.4 Å². The first-order chi connectivity index (χ1) is 13.2. The van der Waals surface area contributed by atoms with Gasteiger partial charge in [-0.1, -0.05) is 12.1 Å². The summed E-state index contributed by atoms with van der Waals surface area (Å²) in [6.07, 6.45) is 5.17. The first-order valence-electron chi connectivity index (χ1n) is 8.44. The number of hydrogen-bond acceptors (Lipinski definition) is 5. The van der Waals surface area contributed by atoms with E-state index in [9.17, 15) is 4.79 Å². The number of aryl methyl sites for hydroxylation is 1. The lowest BCUT2D eigenvalue weighted by atomic mass is 10.2. The smallest absolute Gasteiger partial charge is 0.262 e. The van der Waals surface area contributed by atoms with Crippen molar-refractivity contribution in [3.63, 3.8) is 0 Å². The molecular formula is C20H17N5O2. The summed E-state index contributed by atoms with van der Waals surface area (Å²) in [5.41, 5.74) is 3.00. The van der Waals surface area contributed by atoms with Gasteiger partial charge in [-0.3, -0.25) is 9.78 Å². The third-order valence-electron chi connectivity index (χ3n) is 3.92. The van der Waals surface area contributed by atoms with Crippen LogP contribution < -0.4 is 10.1 Å². The lowest BCUT2D eigenvalue weighted by Crippen LogP contribution is -2.20. The highest BCUT2D eigenvalue weighted by atomic mass is 16.5. The molecule has 0 aliphatic rings. The van der Waals surface area contributed by atoms with Gasteiger partial charge < -0.3 is 10.1 Å². The molecule has 27 heavy (non-hydrogen) atoms. The van der Waals surface area contributed by atoms with Crippen LogP contribution in [0.1, 0.15) is 5.56 Å². The van der Waals surface area contributed by atoms with E-state index >= 15 is 0 Å². The van der Waals surface area contributed by atoms with Crippen molar-refractivity contribution in [2.24, 2.45) is 0 Å². The van der Waals surface area contributed by atoms with Gasteiger partial charge >= 0.3 is 0 Å². The average Bonchev–Trinajstić information content (AvgIpc) is 3.13. The van der Waals surface area contributed by atoms with Gasteiger partial charge in [0.05, 0.1) is 5.69 Å². The topological polar surface area (TPSA) is 81.4 Å². The van der Waals surface area contributed by atoms with Gasteiger partial charge in [-0.2, -0.15) is 0 Å². The normalized spacial score (nSPS) is 10.7. The van der Waals surface area contributed by atoms with E-state index in [1.54, 1.807) is 35.2 Å². The van der Waals surface area contributed by atoms with Gasteiger partial charge in [0, 0.05) is 24.2 Å². The minimum Gasteiger partial charge on any atom is -0.484 e. The van der Waals surface area contributed by atoms with Gasteiger partial charge in [0.1, 0.15) is 5.75 Å². The summed E-state index contributed by atoms with van der Waals surface area (Å²) in [6.45, 7) is 1.88. The first kappa shape index (κ1) is 16.7. The van der Waals surface area contributed by atoms with E-state index in [0.29, 0.717) is 22.9 Å². The standard InChI is InChI=1S/C20H17N5O2/c1-14-5-2-7-16(11-14)27-13-18(26)22-17-8-4-10-25-20(17)23-19(24-25)15-6-3-9-21-12-15/h2-12H,13H2,1H3,(H,22,26). The van der Waals surface area contributed by atoms with Gasteiger partial charge in [0.15, 0.2) is 18.1 Å². The number of carbonyl (C=O) groups excluding carboxylic acids is 1. The molecule has 1 aromatic carbocycles. The van der Waals surface area contributed by atoms with E-state index in [1.165, 1.54) is 0 Å². The summed E-state index contributed by atoms with van der Waals surface area (Å²) in [7, 11) is 0. The SMILES string of the molecule is Cc1cccc(OCC(=O)Nc2cccn3nc(-c4cccnc4)nc23)c1. The second-order valence-corrected chi connectivity index (χ2v) is 6.02. The molecule has 0 saturated heterocycles. The molecule has 7 heteroatoms. The third kappa shape index (κ3) is 3.77. The number of fused-ring (bicyclic) bond motifs is 1. The zero-order valence-electron chi connectivity index (χ0n) is 14.7. The van der Waals surface area contributed by atoms with Crippen molar-refractivity contribution in [1.29, 1.82) is 0 Å². The Hall–Kier alpha value is -3.74. The van der Waals surface area contributed by atoms with E-state index in [0.717, 1.165) is 11.1 Å². The number of carbonyl (C=O) groups is 1. The molecule has 0 fully saturated rings. The maximum atomic E-state index is 12.3. The van der Waals surface area contributed by atoms with Crippen LogP contribution in [0.2, 0.25) is 0 Å². The Kier molecular flexibility index (Phi) is 4.49. The monoisotopic (exact) mass is 359 g/mol. The predicted octanol–water partition coefficient (Wildman–Crippen LogP) is 3.12. The number of hydrogen-bond donors (Lipinski definition) is 1. The summed E-state index contributed by atoms with van der Waals surface area (Å²) in [5.74, 6) is 0.932. The van der Waals surface area contributed by atoms with Gasteiger partial charge in [-0.15, -0.1) is 5.10 Å². The molecule has 3 heterocycles. The molecule has 3 aromatic heterocycles. The number of benzene rings is 1. The number of nitrogens with zero attached hydrogens (tertiary/aromatic N) is 4. The van der Waals surface area contributed by atoms with Crippen LogP contribution in [0.15, 0.2) is 67.1 Å². The Labute approximate surface area is 155 Å². The van der Waals surface area contributed by atoms with E-state index in [-0.39, 0.29) is 12.5 Å². The van der Waals surface area contributed by atoms with E-state index in [1.807, 2.05) is 43.3 Å². The maximum absolute atomic E-state index is 12.3. The Bertz CT molecular complexity index is 1090. The second kappa shape index (κ2) is 7.25. The minimum atomic E-state index is -0.268. The van der Waals surface area contributed by atoms with Crippen molar-refractivity contribution >= 4 is 17.2 Å². The van der Waals surface area contributed by atoms with Crippen molar-refractivity contribution < 1.29 is 9.53 Å². The number of rotatable bonds is 5. The molecule has 0 spiro atoms. The highest BCUT2D eigenvalue weighted by molar-refractivity contribution is 5.95. The summed E-state index contributed by atoms with van der Waals surface area (Å²) >= 11 is 0. The van der Waals surface area contributed by atoms with Crippen LogP contribution in [0, 0.1) is 6.92 Å². The van der Waals surface area contributed by atoms with Gasteiger partial charge in [-0.25, -0.2) is 9.50 Å². The first-order valence-corrected chi connectivity index (χ1v) is 8.44. The quantitative estimate of drug-likeness (QED) is 0.592. The molecule has 4 rings (SSSR count). The predicted molar refractivity (Wildman–Crippen MR) is 102 cm³/mol. The molecule has 1 N–H and O–H groups in total. The van der Waals surface area contributed by atoms with E-state index in [4.69, 9.17) is 4.74 Å². The van der Waals surface area contributed by atoms with Crippen LogP contribution in [-0.2, 0) is 4.79 Å².